The van der Waals surface area contributed by atoms with E-state index in [0.717, 1.165) is 31.6 Å². The van der Waals surface area contributed by atoms with E-state index >= 15 is 0 Å². The van der Waals surface area contributed by atoms with Gasteiger partial charge in [-0.25, -0.2) is 4.98 Å². The molecule has 90 valence electrons. The second-order valence-electron chi connectivity index (χ2n) is 3.77. The predicted octanol–water partition coefficient (Wildman–Crippen LogP) is 1.92. The highest BCUT2D eigenvalue weighted by Crippen LogP contribution is 2.22. The van der Waals surface area contributed by atoms with Crippen LogP contribution in [-0.4, -0.2) is 30.3 Å². The molecule has 4 nitrogen and oxygen atoms in total. The smallest absolute Gasteiger partial charge is 0.151 e. The molecule has 0 unspecified atom stereocenters. The summed E-state index contributed by atoms with van der Waals surface area (Å²) in [6.45, 7) is 1.13. The zero-order valence-corrected chi connectivity index (χ0v) is 10.2. The Morgan fingerprint density at radius 3 is 2.81 bits per heavy atom. The topological polar surface area (TPSA) is 62.4 Å². The molecule has 0 aliphatic heterocycles. The van der Waals surface area contributed by atoms with Crippen LogP contribution in [0.3, 0.4) is 0 Å². The van der Waals surface area contributed by atoms with Crippen LogP contribution in [0.4, 0.5) is 11.5 Å². The van der Waals surface area contributed by atoms with Crippen molar-refractivity contribution < 1.29 is 5.11 Å². The number of pyridine rings is 1. The molecule has 1 rings (SSSR count). The highest BCUT2D eigenvalue weighted by molar-refractivity contribution is 6.30. The summed E-state index contributed by atoms with van der Waals surface area (Å²) in [7, 11) is 1.95. The SMILES string of the molecule is CN(CCCCCO)c1ncc(Cl)cc1N. The largest absolute Gasteiger partial charge is 0.396 e. The van der Waals surface area contributed by atoms with Crippen molar-refractivity contribution in [2.24, 2.45) is 0 Å². The first-order valence-corrected chi connectivity index (χ1v) is 5.76. The van der Waals surface area contributed by atoms with E-state index in [1.807, 2.05) is 11.9 Å². The first kappa shape index (κ1) is 13.1. The minimum Gasteiger partial charge on any atom is -0.396 e. The first-order chi connectivity index (χ1) is 7.65. The van der Waals surface area contributed by atoms with Crippen LogP contribution in [-0.2, 0) is 0 Å². The maximum Gasteiger partial charge on any atom is 0.151 e. The molecule has 0 aromatic carbocycles. The molecule has 0 fully saturated rings. The molecule has 1 heterocycles. The van der Waals surface area contributed by atoms with E-state index in [4.69, 9.17) is 22.4 Å². The van der Waals surface area contributed by atoms with Crippen molar-refractivity contribution in [1.29, 1.82) is 0 Å². The van der Waals surface area contributed by atoms with Gasteiger partial charge in [-0.15, -0.1) is 0 Å². The Hall–Kier alpha value is -1.00. The van der Waals surface area contributed by atoms with Crippen molar-refractivity contribution in [1.82, 2.24) is 4.98 Å². The van der Waals surface area contributed by atoms with Crippen LogP contribution in [0.15, 0.2) is 12.3 Å². The summed E-state index contributed by atoms with van der Waals surface area (Å²) in [6.07, 6.45) is 4.46. The van der Waals surface area contributed by atoms with Crippen molar-refractivity contribution in [2.45, 2.75) is 19.3 Å². The molecule has 0 aliphatic carbocycles. The number of hydrogen-bond acceptors (Lipinski definition) is 4. The number of halogens is 1. The molecule has 1 aromatic rings. The highest BCUT2D eigenvalue weighted by Gasteiger charge is 2.06. The molecule has 0 aliphatic rings. The molecule has 0 saturated heterocycles. The number of nitrogens with two attached hydrogens (primary N) is 1. The van der Waals surface area contributed by atoms with Crippen LogP contribution >= 0.6 is 11.6 Å². The van der Waals surface area contributed by atoms with E-state index in [1.54, 1.807) is 12.3 Å². The summed E-state index contributed by atoms with van der Waals surface area (Å²) in [4.78, 5) is 6.20. The molecular formula is C11H18ClN3O. The van der Waals surface area contributed by atoms with Gasteiger partial charge in [0.2, 0.25) is 0 Å². The lowest BCUT2D eigenvalue weighted by molar-refractivity contribution is 0.283. The number of aliphatic hydroxyl groups is 1. The third-order valence-electron chi connectivity index (χ3n) is 2.37. The fraction of sp³-hybridized carbons (Fsp3) is 0.545. The van der Waals surface area contributed by atoms with Gasteiger partial charge >= 0.3 is 0 Å². The number of nitrogens with zero attached hydrogens (tertiary/aromatic N) is 2. The summed E-state index contributed by atoms with van der Waals surface area (Å²) in [5, 5.41) is 9.21. The van der Waals surface area contributed by atoms with Gasteiger partial charge in [0.15, 0.2) is 5.82 Å². The van der Waals surface area contributed by atoms with E-state index in [2.05, 4.69) is 4.98 Å². The number of rotatable bonds is 6. The summed E-state index contributed by atoms with van der Waals surface area (Å²) in [5.41, 5.74) is 6.42. The van der Waals surface area contributed by atoms with Crippen molar-refractivity contribution in [3.05, 3.63) is 17.3 Å². The van der Waals surface area contributed by atoms with E-state index in [0.29, 0.717) is 10.7 Å². The van der Waals surface area contributed by atoms with Gasteiger partial charge in [-0.05, 0) is 25.3 Å². The fourth-order valence-electron chi connectivity index (χ4n) is 1.51. The lowest BCUT2D eigenvalue weighted by Gasteiger charge is -2.19. The Labute approximate surface area is 101 Å². The van der Waals surface area contributed by atoms with Crippen LogP contribution in [0.2, 0.25) is 5.02 Å². The summed E-state index contributed by atoms with van der Waals surface area (Å²) in [6, 6.07) is 1.70. The van der Waals surface area contributed by atoms with Gasteiger partial charge in [0.25, 0.3) is 0 Å². The normalized spacial score (nSPS) is 10.4. The van der Waals surface area contributed by atoms with Crippen LogP contribution in [0, 0.1) is 0 Å². The van der Waals surface area contributed by atoms with Gasteiger partial charge in [0.1, 0.15) is 0 Å². The van der Waals surface area contributed by atoms with Crippen LogP contribution in [0.1, 0.15) is 19.3 Å². The van der Waals surface area contributed by atoms with Gasteiger partial charge in [-0.2, -0.15) is 0 Å². The Balaban J connectivity index is 2.49. The molecule has 5 heteroatoms. The molecule has 1 aromatic heterocycles. The second-order valence-corrected chi connectivity index (χ2v) is 4.21. The van der Waals surface area contributed by atoms with E-state index in [-0.39, 0.29) is 6.61 Å². The Bertz CT molecular complexity index is 333. The second kappa shape index (κ2) is 6.55. The van der Waals surface area contributed by atoms with E-state index < -0.39 is 0 Å². The van der Waals surface area contributed by atoms with Gasteiger partial charge in [-0.3, -0.25) is 0 Å². The highest BCUT2D eigenvalue weighted by atomic mass is 35.5. The average molecular weight is 244 g/mol. The maximum absolute atomic E-state index is 8.66. The van der Waals surface area contributed by atoms with Crippen molar-refractivity contribution in [3.8, 4) is 0 Å². The lowest BCUT2D eigenvalue weighted by Crippen LogP contribution is -2.21. The zero-order valence-electron chi connectivity index (χ0n) is 9.49. The monoisotopic (exact) mass is 243 g/mol. The molecule has 0 spiro atoms. The third-order valence-corrected chi connectivity index (χ3v) is 2.58. The van der Waals surface area contributed by atoms with Crippen LogP contribution in [0.5, 0.6) is 0 Å². The number of nitrogen functional groups attached to an aromatic ring is 1. The van der Waals surface area contributed by atoms with Crippen molar-refractivity contribution >= 4 is 23.1 Å². The molecule has 0 saturated carbocycles. The number of anilines is 2. The van der Waals surface area contributed by atoms with Crippen LogP contribution < -0.4 is 10.6 Å². The predicted molar refractivity (Wildman–Crippen MR) is 67.9 cm³/mol. The summed E-state index contributed by atoms with van der Waals surface area (Å²) in [5.74, 6) is 0.758. The summed E-state index contributed by atoms with van der Waals surface area (Å²) >= 11 is 5.78. The van der Waals surface area contributed by atoms with Gasteiger partial charge in [-0.1, -0.05) is 11.6 Å². The van der Waals surface area contributed by atoms with Crippen molar-refractivity contribution in [3.63, 3.8) is 0 Å². The van der Waals surface area contributed by atoms with Crippen LogP contribution in [0.25, 0.3) is 0 Å². The quantitative estimate of drug-likeness (QED) is 0.750. The minimum atomic E-state index is 0.255. The number of hydrogen-bond donors (Lipinski definition) is 2. The van der Waals surface area contributed by atoms with E-state index in [1.165, 1.54) is 0 Å². The maximum atomic E-state index is 8.66. The van der Waals surface area contributed by atoms with Crippen molar-refractivity contribution in [2.75, 3.05) is 30.8 Å². The minimum absolute atomic E-state index is 0.255. The standard InChI is InChI=1S/C11H18ClN3O/c1-15(5-3-2-4-6-16)11-10(13)7-9(12)8-14-11/h7-8,16H,2-6,13H2,1H3. The zero-order chi connectivity index (χ0) is 12.0. The number of aliphatic hydroxyl groups excluding tert-OH is 1. The fourth-order valence-corrected chi connectivity index (χ4v) is 1.68. The Morgan fingerprint density at radius 1 is 1.44 bits per heavy atom. The molecule has 3 N–H and O–H groups in total. The van der Waals surface area contributed by atoms with Gasteiger partial charge < -0.3 is 15.7 Å². The first-order valence-electron chi connectivity index (χ1n) is 5.38. The molecule has 0 radical (unpaired) electrons. The molecular weight excluding hydrogens is 226 g/mol. The van der Waals surface area contributed by atoms with E-state index in [9.17, 15) is 0 Å². The van der Waals surface area contributed by atoms with Gasteiger partial charge in [0, 0.05) is 26.4 Å². The Kier molecular flexibility index (Phi) is 5.35. The number of aromatic nitrogens is 1. The Morgan fingerprint density at radius 2 is 2.19 bits per heavy atom. The average Bonchev–Trinajstić information content (AvgIpc) is 2.24. The molecule has 16 heavy (non-hydrogen) atoms. The molecule has 0 amide bonds. The summed E-state index contributed by atoms with van der Waals surface area (Å²) < 4.78 is 0. The van der Waals surface area contributed by atoms with Gasteiger partial charge in [0.05, 0.1) is 10.7 Å². The molecule has 0 bridgehead atoms. The third kappa shape index (κ3) is 3.87. The number of unbranched alkanes of at least 4 members (excludes halogenated alkanes) is 2. The molecule has 0 atom stereocenters. The lowest BCUT2D eigenvalue weighted by atomic mass is 10.2.